The van der Waals surface area contributed by atoms with Crippen molar-refractivity contribution >= 4 is 5.78 Å². The first-order chi connectivity index (χ1) is 8.95. The van der Waals surface area contributed by atoms with Gasteiger partial charge in [0.2, 0.25) is 0 Å². The van der Waals surface area contributed by atoms with E-state index >= 15 is 0 Å². The Kier molecular flexibility index (Phi) is 8.02. The van der Waals surface area contributed by atoms with E-state index in [1.54, 1.807) is 6.92 Å². The SMILES string of the molecule is CCOCCC(=O)c1cccc(C(F)(F)F)c1.CO. The Morgan fingerprint density at radius 1 is 1.32 bits per heavy atom. The molecule has 0 amide bonds. The Morgan fingerprint density at radius 3 is 2.47 bits per heavy atom. The molecule has 6 heteroatoms. The Morgan fingerprint density at radius 2 is 1.95 bits per heavy atom. The van der Waals surface area contributed by atoms with E-state index in [0.717, 1.165) is 19.2 Å². The van der Waals surface area contributed by atoms with Gasteiger partial charge >= 0.3 is 6.18 Å². The van der Waals surface area contributed by atoms with Gasteiger partial charge in [0.25, 0.3) is 0 Å². The zero-order chi connectivity index (χ0) is 14.9. The second-order valence-electron chi connectivity index (χ2n) is 3.45. The third kappa shape index (κ3) is 6.35. The maximum absolute atomic E-state index is 12.4. The van der Waals surface area contributed by atoms with Gasteiger partial charge in [0.1, 0.15) is 0 Å². The van der Waals surface area contributed by atoms with Crippen LogP contribution in [-0.4, -0.2) is 31.2 Å². The molecule has 0 unspecified atom stereocenters. The molecule has 0 saturated heterocycles. The molecule has 0 aromatic heterocycles. The number of aliphatic hydroxyl groups is 1. The number of Topliss-reactive ketones (excluding diaryl/α,β-unsaturated/α-hetero) is 1. The summed E-state index contributed by atoms with van der Waals surface area (Å²) in [6, 6.07) is 4.42. The lowest BCUT2D eigenvalue weighted by Gasteiger charge is -2.08. The average Bonchev–Trinajstić information content (AvgIpc) is 2.40. The summed E-state index contributed by atoms with van der Waals surface area (Å²) in [5.74, 6) is -0.343. The van der Waals surface area contributed by atoms with Crippen molar-refractivity contribution in [1.29, 1.82) is 0 Å². The fraction of sp³-hybridized carbons (Fsp3) is 0.462. The number of carbonyl (C=O) groups excluding carboxylic acids is 1. The summed E-state index contributed by atoms with van der Waals surface area (Å²) in [6.45, 7) is 2.50. The molecule has 108 valence electrons. The van der Waals surface area contributed by atoms with Gasteiger partial charge in [-0.1, -0.05) is 12.1 Å². The summed E-state index contributed by atoms with van der Waals surface area (Å²) in [4.78, 5) is 11.6. The minimum atomic E-state index is -4.42. The summed E-state index contributed by atoms with van der Waals surface area (Å²) in [5.41, 5.74) is -0.737. The molecule has 0 saturated carbocycles. The lowest BCUT2D eigenvalue weighted by molar-refractivity contribution is -0.137. The highest BCUT2D eigenvalue weighted by atomic mass is 19.4. The second kappa shape index (κ2) is 8.66. The van der Waals surface area contributed by atoms with Crippen molar-refractivity contribution in [3.05, 3.63) is 35.4 Å². The molecule has 0 atom stereocenters. The molecule has 0 spiro atoms. The van der Waals surface area contributed by atoms with Crippen molar-refractivity contribution in [2.45, 2.75) is 19.5 Å². The third-order valence-corrected chi connectivity index (χ3v) is 2.19. The lowest BCUT2D eigenvalue weighted by Crippen LogP contribution is -2.09. The zero-order valence-corrected chi connectivity index (χ0v) is 10.8. The first-order valence-corrected chi connectivity index (χ1v) is 5.68. The van der Waals surface area contributed by atoms with E-state index in [0.29, 0.717) is 6.61 Å². The molecular formula is C13H17F3O3. The van der Waals surface area contributed by atoms with Crippen molar-refractivity contribution in [1.82, 2.24) is 0 Å². The maximum atomic E-state index is 12.4. The van der Waals surface area contributed by atoms with Gasteiger partial charge in [0.05, 0.1) is 12.2 Å². The Labute approximate surface area is 110 Å². The predicted octanol–water partition coefficient (Wildman–Crippen LogP) is 2.92. The van der Waals surface area contributed by atoms with Crippen LogP contribution in [0, 0.1) is 0 Å². The van der Waals surface area contributed by atoms with Crippen LogP contribution in [0.15, 0.2) is 24.3 Å². The fourth-order valence-corrected chi connectivity index (χ4v) is 1.32. The summed E-state index contributed by atoms with van der Waals surface area (Å²) in [7, 11) is 1.00. The number of carbonyl (C=O) groups is 1. The number of ketones is 1. The van der Waals surface area contributed by atoms with Crippen molar-refractivity contribution in [3.8, 4) is 0 Å². The van der Waals surface area contributed by atoms with E-state index in [4.69, 9.17) is 9.84 Å². The van der Waals surface area contributed by atoms with E-state index in [-0.39, 0.29) is 24.4 Å². The summed E-state index contributed by atoms with van der Waals surface area (Å²) < 4.78 is 42.2. The van der Waals surface area contributed by atoms with E-state index < -0.39 is 11.7 Å². The van der Waals surface area contributed by atoms with Crippen LogP contribution in [0.3, 0.4) is 0 Å². The molecular weight excluding hydrogens is 261 g/mol. The molecule has 0 radical (unpaired) electrons. The maximum Gasteiger partial charge on any atom is 0.416 e. The predicted molar refractivity (Wildman–Crippen MR) is 65.0 cm³/mol. The Bertz CT molecular complexity index is 389. The number of benzene rings is 1. The van der Waals surface area contributed by atoms with Crippen molar-refractivity contribution < 1.29 is 27.8 Å². The minimum Gasteiger partial charge on any atom is -0.400 e. The van der Waals surface area contributed by atoms with Crippen LogP contribution in [0.4, 0.5) is 13.2 Å². The van der Waals surface area contributed by atoms with Gasteiger partial charge in [-0.15, -0.1) is 0 Å². The van der Waals surface area contributed by atoms with Crippen LogP contribution >= 0.6 is 0 Å². The summed E-state index contributed by atoms with van der Waals surface area (Å²) in [5, 5.41) is 7.00. The highest BCUT2D eigenvalue weighted by Crippen LogP contribution is 2.29. The highest BCUT2D eigenvalue weighted by Gasteiger charge is 2.30. The molecule has 3 nitrogen and oxygen atoms in total. The molecule has 0 heterocycles. The lowest BCUT2D eigenvalue weighted by atomic mass is 10.1. The number of rotatable bonds is 5. The van der Waals surface area contributed by atoms with E-state index in [9.17, 15) is 18.0 Å². The number of hydrogen-bond donors (Lipinski definition) is 1. The van der Waals surface area contributed by atoms with Gasteiger partial charge in [-0.2, -0.15) is 13.2 Å². The molecule has 1 rings (SSSR count). The van der Waals surface area contributed by atoms with Gasteiger partial charge in [0, 0.05) is 25.7 Å². The first-order valence-electron chi connectivity index (χ1n) is 5.68. The molecule has 0 bridgehead atoms. The first kappa shape index (κ1) is 17.6. The normalized spacial score (nSPS) is 10.6. The van der Waals surface area contributed by atoms with Gasteiger partial charge in [-0.25, -0.2) is 0 Å². The molecule has 0 aliphatic carbocycles. The van der Waals surface area contributed by atoms with Crippen molar-refractivity contribution in [3.63, 3.8) is 0 Å². The standard InChI is InChI=1S/C12H13F3O2.CH4O/c1-2-17-7-6-11(16)9-4-3-5-10(8-9)12(13,14)15;1-2/h3-5,8H,2,6-7H2,1H3;2H,1H3. The molecule has 0 fully saturated rings. The number of aliphatic hydroxyl groups excluding tert-OH is 1. The Hall–Kier alpha value is -1.40. The molecule has 1 aromatic carbocycles. The zero-order valence-electron chi connectivity index (χ0n) is 10.8. The van der Waals surface area contributed by atoms with E-state index in [1.165, 1.54) is 12.1 Å². The fourth-order valence-electron chi connectivity index (χ4n) is 1.32. The van der Waals surface area contributed by atoms with Crippen LogP contribution in [0.5, 0.6) is 0 Å². The molecule has 1 aromatic rings. The summed E-state index contributed by atoms with van der Waals surface area (Å²) >= 11 is 0. The van der Waals surface area contributed by atoms with Gasteiger partial charge in [-0.3, -0.25) is 4.79 Å². The minimum absolute atomic E-state index is 0.0690. The Balaban J connectivity index is 0.00000154. The molecule has 19 heavy (non-hydrogen) atoms. The van der Waals surface area contributed by atoms with Gasteiger partial charge in [-0.05, 0) is 19.1 Å². The van der Waals surface area contributed by atoms with Crippen LogP contribution in [0.1, 0.15) is 29.3 Å². The third-order valence-electron chi connectivity index (χ3n) is 2.19. The summed E-state index contributed by atoms with van der Waals surface area (Å²) in [6.07, 6.45) is -4.33. The quantitative estimate of drug-likeness (QED) is 0.665. The monoisotopic (exact) mass is 278 g/mol. The number of hydrogen-bond acceptors (Lipinski definition) is 3. The average molecular weight is 278 g/mol. The molecule has 0 aliphatic rings. The second-order valence-corrected chi connectivity index (χ2v) is 3.45. The van der Waals surface area contributed by atoms with Crippen molar-refractivity contribution in [2.24, 2.45) is 0 Å². The van der Waals surface area contributed by atoms with E-state index in [1.807, 2.05) is 0 Å². The largest absolute Gasteiger partial charge is 0.416 e. The van der Waals surface area contributed by atoms with Gasteiger partial charge in [0.15, 0.2) is 5.78 Å². The van der Waals surface area contributed by atoms with E-state index in [2.05, 4.69) is 0 Å². The molecule has 0 aliphatic heterocycles. The van der Waals surface area contributed by atoms with Crippen LogP contribution in [0.2, 0.25) is 0 Å². The van der Waals surface area contributed by atoms with Crippen molar-refractivity contribution in [2.75, 3.05) is 20.3 Å². The van der Waals surface area contributed by atoms with Gasteiger partial charge < -0.3 is 9.84 Å². The van der Waals surface area contributed by atoms with Crippen LogP contribution in [-0.2, 0) is 10.9 Å². The number of halogens is 3. The topological polar surface area (TPSA) is 46.5 Å². The smallest absolute Gasteiger partial charge is 0.400 e. The number of alkyl halides is 3. The highest BCUT2D eigenvalue weighted by molar-refractivity contribution is 5.96. The van der Waals surface area contributed by atoms with Crippen LogP contribution < -0.4 is 0 Å². The molecule has 1 N–H and O–H groups in total. The number of ether oxygens (including phenoxy) is 1. The van der Waals surface area contributed by atoms with Crippen LogP contribution in [0.25, 0.3) is 0 Å².